The molecular formula is C12H17BrFNO2S. The minimum Gasteiger partial charge on any atom is -0.207 e. The fourth-order valence-corrected chi connectivity index (χ4v) is 3.03. The molecular weight excluding hydrogens is 321 g/mol. The molecule has 6 heteroatoms. The van der Waals surface area contributed by atoms with E-state index >= 15 is 0 Å². The van der Waals surface area contributed by atoms with E-state index < -0.39 is 15.8 Å². The number of benzene rings is 1. The van der Waals surface area contributed by atoms with Gasteiger partial charge in [-0.05, 0) is 40.0 Å². The quantitative estimate of drug-likeness (QED) is 0.826. The van der Waals surface area contributed by atoms with Gasteiger partial charge in [0.2, 0.25) is 10.0 Å². The molecule has 0 N–H and O–H groups in total. The number of halogens is 2. The zero-order valence-electron chi connectivity index (χ0n) is 10.7. The predicted octanol–water partition coefficient (Wildman–Crippen LogP) is 3.25. The van der Waals surface area contributed by atoms with Gasteiger partial charge in [0.25, 0.3) is 0 Å². The topological polar surface area (TPSA) is 37.4 Å². The Kier molecular flexibility index (Phi) is 5.31. The maximum atomic E-state index is 13.4. The van der Waals surface area contributed by atoms with Crippen LogP contribution in [0.25, 0.3) is 0 Å². The first-order chi connectivity index (χ1) is 8.28. The molecule has 0 radical (unpaired) electrons. The summed E-state index contributed by atoms with van der Waals surface area (Å²) in [5.74, 6) is -0.307. The summed E-state index contributed by atoms with van der Waals surface area (Å²) in [6.45, 7) is 4.41. The minimum atomic E-state index is -3.61. The maximum absolute atomic E-state index is 13.4. The number of sulfonamides is 1. The van der Waals surface area contributed by atoms with Crippen molar-refractivity contribution in [2.45, 2.75) is 25.2 Å². The van der Waals surface area contributed by atoms with E-state index in [1.54, 1.807) is 0 Å². The summed E-state index contributed by atoms with van der Waals surface area (Å²) in [5.41, 5.74) is 0. The van der Waals surface area contributed by atoms with Crippen LogP contribution in [0.15, 0.2) is 27.6 Å². The zero-order chi connectivity index (χ0) is 13.9. The Bertz CT molecular complexity index is 519. The molecule has 1 rings (SSSR count). The van der Waals surface area contributed by atoms with Gasteiger partial charge in [-0.1, -0.05) is 20.3 Å². The lowest BCUT2D eigenvalue weighted by Gasteiger charge is -2.20. The molecule has 0 aliphatic carbocycles. The highest BCUT2D eigenvalue weighted by Crippen LogP contribution is 2.22. The van der Waals surface area contributed by atoms with Gasteiger partial charge in [0.05, 0.1) is 9.37 Å². The van der Waals surface area contributed by atoms with Crippen molar-refractivity contribution in [1.29, 1.82) is 0 Å². The smallest absolute Gasteiger partial charge is 0.207 e. The number of hydrogen-bond acceptors (Lipinski definition) is 2. The highest BCUT2D eigenvalue weighted by Gasteiger charge is 2.22. The SMILES string of the molecule is CCC(C)CN(C)S(=O)(=O)c1ccc(Br)c(F)c1. The molecule has 1 unspecified atom stereocenters. The van der Waals surface area contributed by atoms with Crippen LogP contribution in [-0.4, -0.2) is 26.3 Å². The van der Waals surface area contributed by atoms with Crippen molar-refractivity contribution >= 4 is 26.0 Å². The Morgan fingerprint density at radius 1 is 1.44 bits per heavy atom. The summed E-state index contributed by atoms with van der Waals surface area (Å²) < 4.78 is 39.3. The van der Waals surface area contributed by atoms with Crippen molar-refractivity contribution in [3.63, 3.8) is 0 Å². The van der Waals surface area contributed by atoms with E-state index in [0.29, 0.717) is 6.54 Å². The Balaban J connectivity index is 3.02. The van der Waals surface area contributed by atoms with Crippen LogP contribution in [-0.2, 0) is 10.0 Å². The largest absolute Gasteiger partial charge is 0.242 e. The van der Waals surface area contributed by atoms with Crippen LogP contribution in [0, 0.1) is 11.7 Å². The fourth-order valence-electron chi connectivity index (χ4n) is 1.48. The highest BCUT2D eigenvalue weighted by atomic mass is 79.9. The molecule has 18 heavy (non-hydrogen) atoms. The van der Waals surface area contributed by atoms with Crippen molar-refractivity contribution in [2.75, 3.05) is 13.6 Å². The van der Waals surface area contributed by atoms with Gasteiger partial charge in [-0.2, -0.15) is 0 Å². The van der Waals surface area contributed by atoms with Crippen molar-refractivity contribution in [2.24, 2.45) is 5.92 Å². The second-order valence-corrected chi connectivity index (χ2v) is 7.27. The molecule has 0 aliphatic rings. The average Bonchev–Trinajstić information content (AvgIpc) is 2.32. The summed E-state index contributed by atoms with van der Waals surface area (Å²) in [4.78, 5) is -0.0194. The van der Waals surface area contributed by atoms with Crippen molar-refractivity contribution in [3.05, 3.63) is 28.5 Å². The molecule has 0 bridgehead atoms. The van der Waals surface area contributed by atoms with Crippen LogP contribution in [0.1, 0.15) is 20.3 Å². The van der Waals surface area contributed by atoms with Gasteiger partial charge in [0.15, 0.2) is 0 Å². The van der Waals surface area contributed by atoms with Gasteiger partial charge in [0.1, 0.15) is 5.82 Å². The molecule has 3 nitrogen and oxygen atoms in total. The first-order valence-corrected chi connectivity index (χ1v) is 7.93. The second-order valence-electron chi connectivity index (χ2n) is 4.37. The van der Waals surface area contributed by atoms with Crippen LogP contribution >= 0.6 is 15.9 Å². The average molecular weight is 338 g/mol. The summed E-state index contributed by atoms with van der Waals surface area (Å²) >= 11 is 3.00. The standard InChI is InChI=1S/C12H17BrFNO2S/c1-4-9(2)8-15(3)18(16,17)10-5-6-11(13)12(14)7-10/h5-7,9H,4,8H2,1-3H3. The Morgan fingerprint density at radius 3 is 2.56 bits per heavy atom. The third kappa shape index (κ3) is 3.52. The molecule has 0 heterocycles. The highest BCUT2D eigenvalue weighted by molar-refractivity contribution is 9.10. The lowest BCUT2D eigenvalue weighted by atomic mass is 10.1. The van der Waals surface area contributed by atoms with Crippen molar-refractivity contribution in [1.82, 2.24) is 4.31 Å². The van der Waals surface area contributed by atoms with E-state index in [2.05, 4.69) is 15.9 Å². The lowest BCUT2D eigenvalue weighted by molar-refractivity contribution is 0.393. The Labute approximate surface area is 116 Å². The molecule has 0 saturated heterocycles. The summed E-state index contributed by atoms with van der Waals surface area (Å²) in [5, 5.41) is 0. The van der Waals surface area contributed by atoms with Crippen molar-refractivity contribution < 1.29 is 12.8 Å². The molecule has 0 saturated carbocycles. The van der Waals surface area contributed by atoms with Crippen LogP contribution in [0.5, 0.6) is 0 Å². The molecule has 0 spiro atoms. The third-order valence-electron chi connectivity index (χ3n) is 2.86. The second kappa shape index (κ2) is 6.12. The number of hydrogen-bond donors (Lipinski definition) is 0. The molecule has 1 aromatic rings. The predicted molar refractivity (Wildman–Crippen MR) is 73.4 cm³/mol. The molecule has 0 aliphatic heterocycles. The third-order valence-corrected chi connectivity index (χ3v) is 5.33. The molecule has 1 aromatic carbocycles. The number of rotatable bonds is 5. The maximum Gasteiger partial charge on any atom is 0.242 e. The van der Waals surface area contributed by atoms with Crippen LogP contribution < -0.4 is 0 Å². The monoisotopic (exact) mass is 337 g/mol. The van der Waals surface area contributed by atoms with Gasteiger partial charge in [-0.25, -0.2) is 17.1 Å². The molecule has 0 fully saturated rings. The zero-order valence-corrected chi connectivity index (χ0v) is 13.1. The van der Waals surface area contributed by atoms with E-state index in [1.165, 1.54) is 23.5 Å². The summed E-state index contributed by atoms with van der Waals surface area (Å²) in [7, 11) is -2.10. The van der Waals surface area contributed by atoms with Crippen LogP contribution in [0.4, 0.5) is 4.39 Å². The summed E-state index contributed by atoms with van der Waals surface area (Å²) in [6, 6.07) is 3.83. The normalized spacial score (nSPS) is 13.9. The van der Waals surface area contributed by atoms with E-state index in [0.717, 1.165) is 12.5 Å². The number of nitrogens with zero attached hydrogens (tertiary/aromatic N) is 1. The van der Waals surface area contributed by atoms with Crippen LogP contribution in [0.3, 0.4) is 0 Å². The molecule has 0 aromatic heterocycles. The van der Waals surface area contributed by atoms with E-state index in [1.807, 2.05) is 13.8 Å². The van der Waals surface area contributed by atoms with Gasteiger partial charge in [-0.15, -0.1) is 0 Å². The summed E-state index contributed by atoms with van der Waals surface area (Å²) in [6.07, 6.45) is 0.897. The lowest BCUT2D eigenvalue weighted by Crippen LogP contribution is -2.31. The van der Waals surface area contributed by atoms with Gasteiger partial charge in [-0.3, -0.25) is 0 Å². The first kappa shape index (κ1) is 15.6. The van der Waals surface area contributed by atoms with Gasteiger partial charge in [0, 0.05) is 13.6 Å². The molecule has 1 atom stereocenters. The van der Waals surface area contributed by atoms with Gasteiger partial charge >= 0.3 is 0 Å². The van der Waals surface area contributed by atoms with Gasteiger partial charge < -0.3 is 0 Å². The first-order valence-electron chi connectivity index (χ1n) is 5.70. The molecule has 0 amide bonds. The van der Waals surface area contributed by atoms with Crippen LogP contribution in [0.2, 0.25) is 0 Å². The fraction of sp³-hybridized carbons (Fsp3) is 0.500. The Morgan fingerprint density at radius 2 is 2.06 bits per heavy atom. The van der Waals surface area contributed by atoms with Crippen molar-refractivity contribution in [3.8, 4) is 0 Å². The molecule has 102 valence electrons. The van der Waals surface area contributed by atoms with E-state index in [9.17, 15) is 12.8 Å². The minimum absolute atomic E-state index is 0.0194. The van der Waals surface area contributed by atoms with E-state index in [4.69, 9.17) is 0 Å². The van der Waals surface area contributed by atoms with E-state index in [-0.39, 0.29) is 15.3 Å². The Hall–Kier alpha value is -0.460.